The quantitative estimate of drug-likeness (QED) is 0.696. The Morgan fingerprint density at radius 1 is 1.13 bits per heavy atom. The molecule has 0 radical (unpaired) electrons. The Labute approximate surface area is 183 Å². The lowest BCUT2D eigenvalue weighted by Gasteiger charge is -2.32. The molecule has 1 unspecified atom stereocenters. The highest BCUT2D eigenvalue weighted by Crippen LogP contribution is 2.34. The van der Waals surface area contributed by atoms with E-state index in [1.807, 2.05) is 63.2 Å². The summed E-state index contributed by atoms with van der Waals surface area (Å²) in [7, 11) is 0. The van der Waals surface area contributed by atoms with Crippen LogP contribution < -0.4 is 10.1 Å². The number of amides is 1. The van der Waals surface area contributed by atoms with E-state index in [1.165, 1.54) is 0 Å². The molecule has 0 aliphatic carbocycles. The summed E-state index contributed by atoms with van der Waals surface area (Å²) in [6.07, 6.45) is 3.30. The third kappa shape index (κ3) is 4.91. The summed E-state index contributed by atoms with van der Waals surface area (Å²) in [6.45, 7) is 7.75. The van der Waals surface area contributed by atoms with E-state index in [0.717, 1.165) is 28.1 Å². The first-order valence-electron chi connectivity index (χ1n) is 10.5. The van der Waals surface area contributed by atoms with Crippen molar-refractivity contribution < 1.29 is 9.53 Å². The summed E-state index contributed by atoms with van der Waals surface area (Å²) in [4.78, 5) is 24.1. The second-order valence-electron chi connectivity index (χ2n) is 8.75. The minimum atomic E-state index is -0.448. The third-order valence-electron chi connectivity index (χ3n) is 5.21. The number of nitrogens with one attached hydrogen (secondary N) is 1. The van der Waals surface area contributed by atoms with Crippen molar-refractivity contribution in [3.8, 4) is 17.0 Å². The molecule has 1 atom stereocenters. The first-order valence-corrected chi connectivity index (χ1v) is 10.5. The van der Waals surface area contributed by atoms with Crippen molar-refractivity contribution in [2.24, 2.45) is 0 Å². The van der Waals surface area contributed by atoms with Crippen LogP contribution in [0, 0.1) is 0 Å². The van der Waals surface area contributed by atoms with Crippen molar-refractivity contribution in [3.05, 3.63) is 78.2 Å². The molecule has 31 heavy (non-hydrogen) atoms. The minimum absolute atomic E-state index is 0.0232. The molecule has 1 amide bonds. The summed E-state index contributed by atoms with van der Waals surface area (Å²) in [5, 5.41) is 3.16. The van der Waals surface area contributed by atoms with E-state index in [0.29, 0.717) is 19.7 Å². The van der Waals surface area contributed by atoms with Crippen LogP contribution in [0.2, 0.25) is 0 Å². The SMILES string of the molecule is CC(C)(C)NC(=O)C1c2ccccc2OCCN1Cc1ccccc1-c1ccncn1. The average molecular weight is 417 g/mol. The number of fused-ring (bicyclic) bond motifs is 1. The van der Waals surface area contributed by atoms with Gasteiger partial charge in [-0.05, 0) is 38.5 Å². The molecule has 1 aliphatic heterocycles. The summed E-state index contributed by atoms with van der Waals surface area (Å²) < 4.78 is 6.00. The van der Waals surface area contributed by atoms with Gasteiger partial charge in [-0.3, -0.25) is 9.69 Å². The van der Waals surface area contributed by atoms with Gasteiger partial charge in [-0.15, -0.1) is 0 Å². The van der Waals surface area contributed by atoms with Crippen LogP contribution in [0.1, 0.15) is 37.9 Å². The van der Waals surface area contributed by atoms with Gasteiger partial charge in [0.2, 0.25) is 5.91 Å². The van der Waals surface area contributed by atoms with E-state index in [9.17, 15) is 4.79 Å². The Kier molecular flexibility index (Phi) is 6.00. The summed E-state index contributed by atoms with van der Waals surface area (Å²) >= 11 is 0. The smallest absolute Gasteiger partial charge is 0.242 e. The molecule has 0 saturated heterocycles. The highest BCUT2D eigenvalue weighted by Gasteiger charge is 2.34. The lowest BCUT2D eigenvalue weighted by molar-refractivity contribution is -0.128. The standard InChI is InChI=1S/C25H28N4O2/c1-25(2,3)28-24(30)23-20-10-6-7-11-22(20)31-15-14-29(23)16-18-8-4-5-9-19(18)21-12-13-26-17-27-21/h4-13,17,23H,14-16H2,1-3H3,(H,28,30). The summed E-state index contributed by atoms with van der Waals surface area (Å²) in [6, 6.07) is 17.5. The maximum atomic E-state index is 13.5. The zero-order chi connectivity index (χ0) is 21.8. The van der Waals surface area contributed by atoms with Crippen LogP contribution in [-0.2, 0) is 11.3 Å². The van der Waals surface area contributed by atoms with Gasteiger partial charge in [-0.25, -0.2) is 9.97 Å². The number of ether oxygens (including phenoxy) is 1. The Bertz CT molecular complexity index is 1050. The van der Waals surface area contributed by atoms with Crippen molar-refractivity contribution in [2.45, 2.75) is 38.9 Å². The fraction of sp³-hybridized carbons (Fsp3) is 0.320. The zero-order valence-electron chi connectivity index (χ0n) is 18.2. The fourth-order valence-corrected chi connectivity index (χ4v) is 3.93. The van der Waals surface area contributed by atoms with Crippen molar-refractivity contribution in [1.29, 1.82) is 0 Å². The third-order valence-corrected chi connectivity index (χ3v) is 5.21. The highest BCUT2D eigenvalue weighted by atomic mass is 16.5. The lowest BCUT2D eigenvalue weighted by atomic mass is 9.99. The molecular formula is C25H28N4O2. The number of benzene rings is 2. The second-order valence-corrected chi connectivity index (χ2v) is 8.75. The molecule has 0 saturated carbocycles. The van der Waals surface area contributed by atoms with E-state index in [-0.39, 0.29) is 11.4 Å². The van der Waals surface area contributed by atoms with Gasteiger partial charge in [0.15, 0.2) is 0 Å². The first kappa shape index (κ1) is 21.0. The van der Waals surface area contributed by atoms with Gasteiger partial charge in [-0.2, -0.15) is 0 Å². The number of aromatic nitrogens is 2. The molecule has 6 heteroatoms. The number of nitrogens with zero attached hydrogens (tertiary/aromatic N) is 3. The van der Waals surface area contributed by atoms with E-state index in [2.05, 4.69) is 32.3 Å². The van der Waals surface area contributed by atoms with Crippen LogP contribution in [0.15, 0.2) is 67.1 Å². The number of rotatable bonds is 4. The second kappa shape index (κ2) is 8.86. The van der Waals surface area contributed by atoms with Crippen LogP contribution in [0.3, 0.4) is 0 Å². The van der Waals surface area contributed by atoms with Crippen LogP contribution >= 0.6 is 0 Å². The van der Waals surface area contributed by atoms with Gasteiger partial charge >= 0.3 is 0 Å². The predicted molar refractivity (Wildman–Crippen MR) is 120 cm³/mol. The molecular weight excluding hydrogens is 388 g/mol. The first-order chi connectivity index (χ1) is 14.9. The Balaban J connectivity index is 1.72. The van der Waals surface area contributed by atoms with Crippen molar-refractivity contribution >= 4 is 5.91 Å². The number of carbonyl (C=O) groups excluding carboxylic acids is 1. The van der Waals surface area contributed by atoms with Crippen LogP contribution in [-0.4, -0.2) is 39.5 Å². The molecule has 3 aromatic rings. The molecule has 0 spiro atoms. The van der Waals surface area contributed by atoms with E-state index in [4.69, 9.17) is 4.74 Å². The van der Waals surface area contributed by atoms with E-state index < -0.39 is 6.04 Å². The number of hydrogen-bond donors (Lipinski definition) is 1. The number of para-hydroxylation sites is 1. The highest BCUT2D eigenvalue weighted by molar-refractivity contribution is 5.84. The molecule has 1 aliphatic rings. The predicted octanol–water partition coefficient (Wildman–Crippen LogP) is 3.99. The molecule has 6 nitrogen and oxygen atoms in total. The van der Waals surface area contributed by atoms with Gasteiger partial charge in [0.1, 0.15) is 24.7 Å². The molecule has 160 valence electrons. The Hall–Kier alpha value is -3.25. The Morgan fingerprint density at radius 3 is 2.68 bits per heavy atom. The fourth-order valence-electron chi connectivity index (χ4n) is 3.93. The van der Waals surface area contributed by atoms with E-state index >= 15 is 0 Å². The largest absolute Gasteiger partial charge is 0.492 e. The van der Waals surface area contributed by atoms with Gasteiger partial charge in [0.05, 0.1) is 5.69 Å². The normalized spacial score (nSPS) is 16.7. The van der Waals surface area contributed by atoms with Crippen LogP contribution in [0.4, 0.5) is 0 Å². The molecule has 2 aromatic carbocycles. The number of hydrogen-bond acceptors (Lipinski definition) is 5. The molecule has 1 aromatic heterocycles. The molecule has 0 bridgehead atoms. The summed E-state index contributed by atoms with van der Waals surface area (Å²) in [5.41, 5.74) is 3.57. The maximum absolute atomic E-state index is 13.5. The van der Waals surface area contributed by atoms with Crippen LogP contribution in [0.25, 0.3) is 11.3 Å². The molecule has 1 N–H and O–H groups in total. The van der Waals surface area contributed by atoms with E-state index in [1.54, 1.807) is 12.5 Å². The zero-order valence-corrected chi connectivity index (χ0v) is 18.2. The monoisotopic (exact) mass is 416 g/mol. The van der Waals surface area contributed by atoms with Gasteiger partial charge in [0.25, 0.3) is 0 Å². The van der Waals surface area contributed by atoms with Crippen LogP contribution in [0.5, 0.6) is 5.75 Å². The van der Waals surface area contributed by atoms with Crippen molar-refractivity contribution in [2.75, 3.05) is 13.2 Å². The molecule has 2 heterocycles. The minimum Gasteiger partial charge on any atom is -0.492 e. The molecule has 0 fully saturated rings. The topological polar surface area (TPSA) is 67.3 Å². The number of carbonyl (C=O) groups is 1. The van der Waals surface area contributed by atoms with Gasteiger partial charge in [0, 0.05) is 36.0 Å². The maximum Gasteiger partial charge on any atom is 0.242 e. The van der Waals surface area contributed by atoms with Crippen molar-refractivity contribution in [1.82, 2.24) is 20.2 Å². The van der Waals surface area contributed by atoms with Crippen molar-refractivity contribution in [3.63, 3.8) is 0 Å². The molecule has 4 rings (SSSR count). The average Bonchev–Trinajstić information content (AvgIpc) is 2.92. The van der Waals surface area contributed by atoms with Gasteiger partial charge < -0.3 is 10.1 Å². The Morgan fingerprint density at radius 2 is 1.90 bits per heavy atom. The van der Waals surface area contributed by atoms with Gasteiger partial charge in [-0.1, -0.05) is 42.5 Å². The summed E-state index contributed by atoms with van der Waals surface area (Å²) in [5.74, 6) is 0.744. The lowest BCUT2D eigenvalue weighted by Crippen LogP contribution is -2.47.